The van der Waals surface area contributed by atoms with Gasteiger partial charge in [0.25, 0.3) is 0 Å². The summed E-state index contributed by atoms with van der Waals surface area (Å²) in [5, 5.41) is 6.17. The molecule has 3 aromatic carbocycles. The third-order valence-electron chi connectivity index (χ3n) is 5.09. The zero-order valence-corrected chi connectivity index (χ0v) is 17.5. The number of amides is 1. The highest BCUT2D eigenvalue weighted by Gasteiger charge is 2.21. The Hall–Kier alpha value is -3.06. The van der Waals surface area contributed by atoms with E-state index in [1.165, 1.54) is 11.1 Å². The summed E-state index contributed by atoms with van der Waals surface area (Å²) in [5.74, 6) is 6.44. The van der Waals surface area contributed by atoms with E-state index in [-0.39, 0.29) is 24.4 Å². The highest BCUT2D eigenvalue weighted by molar-refractivity contribution is 5.95. The average Bonchev–Trinajstić information content (AvgIpc) is 3.30. The number of anilines is 1. The predicted molar refractivity (Wildman–Crippen MR) is 125 cm³/mol. The zero-order valence-electron chi connectivity index (χ0n) is 16.7. The Kier molecular flexibility index (Phi) is 7.68. The third-order valence-corrected chi connectivity index (χ3v) is 5.09. The van der Waals surface area contributed by atoms with Gasteiger partial charge >= 0.3 is 0 Å². The molecular weight excluding hydrogens is 392 g/mol. The third kappa shape index (κ3) is 5.97. The summed E-state index contributed by atoms with van der Waals surface area (Å²) in [7, 11) is 0. The molecule has 1 aliphatic rings. The molecule has 0 unspecified atom stereocenters. The molecule has 1 atom stereocenters. The van der Waals surface area contributed by atoms with Crippen LogP contribution < -0.4 is 10.6 Å². The van der Waals surface area contributed by atoms with E-state index >= 15 is 0 Å². The Bertz CT molecular complexity index is 1010. The summed E-state index contributed by atoms with van der Waals surface area (Å²) in [6.07, 6.45) is 2.89. The van der Waals surface area contributed by atoms with Gasteiger partial charge in [-0.1, -0.05) is 54.3 Å². The van der Waals surface area contributed by atoms with Gasteiger partial charge in [0.1, 0.15) is 0 Å². The Morgan fingerprint density at radius 1 is 0.867 bits per heavy atom. The summed E-state index contributed by atoms with van der Waals surface area (Å²) in [6.45, 7) is 0.917. The van der Waals surface area contributed by atoms with Gasteiger partial charge in [0.05, 0.1) is 6.04 Å². The monoisotopic (exact) mass is 416 g/mol. The van der Waals surface area contributed by atoms with Gasteiger partial charge in [0, 0.05) is 16.8 Å². The quantitative estimate of drug-likeness (QED) is 0.600. The Morgan fingerprint density at radius 2 is 1.47 bits per heavy atom. The van der Waals surface area contributed by atoms with Crippen LogP contribution in [0.15, 0.2) is 78.9 Å². The lowest BCUT2D eigenvalue weighted by atomic mass is 10.0. The van der Waals surface area contributed by atoms with Gasteiger partial charge in [0.2, 0.25) is 5.91 Å². The molecular formula is C26H25ClN2O. The van der Waals surface area contributed by atoms with Gasteiger partial charge in [-0.2, -0.15) is 0 Å². The molecule has 30 heavy (non-hydrogen) atoms. The Balaban J connectivity index is 0.00000256. The molecule has 1 amide bonds. The van der Waals surface area contributed by atoms with Crippen LogP contribution in [-0.4, -0.2) is 18.5 Å². The minimum Gasteiger partial charge on any atom is -0.325 e. The minimum absolute atomic E-state index is 0. The van der Waals surface area contributed by atoms with E-state index in [0.717, 1.165) is 42.6 Å². The molecule has 3 aromatic rings. The molecule has 152 valence electrons. The summed E-state index contributed by atoms with van der Waals surface area (Å²) in [6, 6.07) is 26.5. The van der Waals surface area contributed by atoms with Gasteiger partial charge in [-0.05, 0) is 73.3 Å². The maximum absolute atomic E-state index is 12.2. The van der Waals surface area contributed by atoms with E-state index in [0.29, 0.717) is 0 Å². The maximum atomic E-state index is 12.2. The summed E-state index contributed by atoms with van der Waals surface area (Å²) in [4.78, 5) is 12.2. The van der Waals surface area contributed by atoms with Crippen molar-refractivity contribution in [2.45, 2.75) is 25.3 Å². The summed E-state index contributed by atoms with van der Waals surface area (Å²) >= 11 is 0. The molecule has 0 aliphatic carbocycles. The Labute approximate surface area is 184 Å². The molecule has 4 rings (SSSR count). The van der Waals surface area contributed by atoms with E-state index < -0.39 is 0 Å². The molecule has 4 heteroatoms. The maximum Gasteiger partial charge on any atom is 0.241 e. The second kappa shape index (κ2) is 10.6. The van der Waals surface area contributed by atoms with Crippen molar-refractivity contribution < 1.29 is 4.79 Å². The van der Waals surface area contributed by atoms with Crippen LogP contribution in [0.4, 0.5) is 5.69 Å². The van der Waals surface area contributed by atoms with Crippen molar-refractivity contribution in [2.75, 3.05) is 11.9 Å². The van der Waals surface area contributed by atoms with E-state index in [9.17, 15) is 4.79 Å². The molecule has 0 bridgehead atoms. The summed E-state index contributed by atoms with van der Waals surface area (Å²) in [5.41, 5.74) is 5.31. The first-order chi connectivity index (χ1) is 14.3. The molecule has 1 saturated heterocycles. The van der Waals surface area contributed by atoms with Gasteiger partial charge in [-0.3, -0.25) is 4.79 Å². The SMILES string of the molecule is Cl.O=C(Nc1ccc(C#Cc2ccc(Cc3ccccc3)cc2)cc1)[C@H]1CCCN1. The number of benzene rings is 3. The van der Waals surface area contributed by atoms with Crippen LogP contribution >= 0.6 is 12.4 Å². The standard InChI is InChI=1S/C26H24N2O.ClH/c29-26(25-7-4-18-27-25)28-24-16-14-21(15-17-24)9-8-20-10-12-23(13-11-20)19-22-5-2-1-3-6-22;/h1-3,5-6,10-17,25,27H,4,7,18-19H2,(H,28,29);1H/t25-;/m1./s1. The first-order valence-corrected chi connectivity index (χ1v) is 10.1. The summed E-state index contributed by atoms with van der Waals surface area (Å²) < 4.78 is 0. The second-order valence-corrected chi connectivity index (χ2v) is 7.32. The molecule has 0 aromatic heterocycles. The number of hydrogen-bond acceptors (Lipinski definition) is 2. The minimum atomic E-state index is -0.0701. The van der Waals surface area contributed by atoms with Crippen LogP contribution in [0.3, 0.4) is 0 Å². The molecule has 0 radical (unpaired) electrons. The number of carbonyl (C=O) groups excluding carboxylic acids is 1. The van der Waals surface area contributed by atoms with Crippen LogP contribution in [-0.2, 0) is 11.2 Å². The Morgan fingerprint density at radius 3 is 2.07 bits per heavy atom. The first-order valence-electron chi connectivity index (χ1n) is 10.1. The highest BCUT2D eigenvalue weighted by atomic mass is 35.5. The lowest BCUT2D eigenvalue weighted by Crippen LogP contribution is -2.35. The van der Waals surface area contributed by atoms with E-state index in [4.69, 9.17) is 0 Å². The van der Waals surface area contributed by atoms with Crippen molar-refractivity contribution in [1.82, 2.24) is 5.32 Å². The van der Waals surface area contributed by atoms with Crippen LogP contribution in [0, 0.1) is 11.8 Å². The molecule has 3 nitrogen and oxygen atoms in total. The van der Waals surface area contributed by atoms with Crippen LogP contribution in [0.5, 0.6) is 0 Å². The van der Waals surface area contributed by atoms with E-state index in [1.54, 1.807) is 0 Å². The number of nitrogens with one attached hydrogen (secondary N) is 2. The normalized spacial score (nSPS) is 14.9. The molecule has 1 aliphatic heterocycles. The van der Waals surface area contributed by atoms with Crippen molar-refractivity contribution in [3.05, 3.63) is 101 Å². The highest BCUT2D eigenvalue weighted by Crippen LogP contribution is 2.13. The average molecular weight is 417 g/mol. The lowest BCUT2D eigenvalue weighted by Gasteiger charge is -2.10. The fourth-order valence-electron chi connectivity index (χ4n) is 3.46. The van der Waals surface area contributed by atoms with Crippen molar-refractivity contribution >= 4 is 24.0 Å². The number of halogens is 1. The fourth-order valence-corrected chi connectivity index (χ4v) is 3.46. The second-order valence-electron chi connectivity index (χ2n) is 7.32. The van der Waals surface area contributed by atoms with E-state index in [2.05, 4.69) is 71.0 Å². The predicted octanol–water partition coefficient (Wildman–Crippen LogP) is 4.79. The molecule has 0 spiro atoms. The van der Waals surface area contributed by atoms with Gasteiger partial charge in [-0.15, -0.1) is 12.4 Å². The largest absolute Gasteiger partial charge is 0.325 e. The molecule has 0 saturated carbocycles. The van der Waals surface area contributed by atoms with Gasteiger partial charge < -0.3 is 10.6 Å². The lowest BCUT2D eigenvalue weighted by molar-refractivity contribution is -0.117. The smallest absolute Gasteiger partial charge is 0.241 e. The first kappa shape index (κ1) is 21.6. The van der Waals surface area contributed by atoms with Gasteiger partial charge in [0.15, 0.2) is 0 Å². The van der Waals surface area contributed by atoms with Crippen molar-refractivity contribution in [2.24, 2.45) is 0 Å². The van der Waals surface area contributed by atoms with Crippen LogP contribution in [0.2, 0.25) is 0 Å². The molecule has 1 fully saturated rings. The molecule has 1 heterocycles. The van der Waals surface area contributed by atoms with Crippen LogP contribution in [0.25, 0.3) is 0 Å². The number of carbonyl (C=O) groups is 1. The molecule has 2 N–H and O–H groups in total. The van der Waals surface area contributed by atoms with Crippen molar-refractivity contribution in [3.63, 3.8) is 0 Å². The van der Waals surface area contributed by atoms with Gasteiger partial charge in [-0.25, -0.2) is 0 Å². The van der Waals surface area contributed by atoms with E-state index in [1.807, 2.05) is 30.3 Å². The number of rotatable bonds is 4. The zero-order chi connectivity index (χ0) is 19.9. The van der Waals surface area contributed by atoms with Crippen molar-refractivity contribution in [1.29, 1.82) is 0 Å². The number of hydrogen-bond donors (Lipinski definition) is 2. The van der Waals surface area contributed by atoms with Crippen LogP contribution in [0.1, 0.15) is 35.1 Å². The fraction of sp³-hybridized carbons (Fsp3) is 0.192. The van der Waals surface area contributed by atoms with Crippen molar-refractivity contribution in [3.8, 4) is 11.8 Å². The topological polar surface area (TPSA) is 41.1 Å².